The molecule has 106 valence electrons. The van der Waals surface area contributed by atoms with Gasteiger partial charge in [-0.15, -0.1) is 0 Å². The van der Waals surface area contributed by atoms with E-state index in [-0.39, 0.29) is 15.6 Å². The Morgan fingerprint density at radius 2 is 1.90 bits per heavy atom. The fourth-order valence-corrected chi connectivity index (χ4v) is 2.89. The second kappa shape index (κ2) is 5.30. The van der Waals surface area contributed by atoms with E-state index in [2.05, 4.69) is 4.72 Å². The molecule has 0 saturated carbocycles. The van der Waals surface area contributed by atoms with Crippen molar-refractivity contribution < 1.29 is 12.8 Å². The third-order valence-corrected chi connectivity index (χ3v) is 4.43. The zero-order valence-electron chi connectivity index (χ0n) is 10.5. The van der Waals surface area contributed by atoms with Gasteiger partial charge in [-0.05, 0) is 42.8 Å². The molecule has 2 aromatic rings. The SMILES string of the molecule is Cc1ccc(S(=O)(=O)Nc2cc(F)ccc2Cl)cc1N. The van der Waals surface area contributed by atoms with Crippen molar-refractivity contribution in [2.24, 2.45) is 0 Å². The molecule has 0 spiro atoms. The first kappa shape index (κ1) is 14.6. The van der Waals surface area contributed by atoms with Crippen LogP contribution in [0.4, 0.5) is 15.8 Å². The molecule has 0 aliphatic carbocycles. The number of hydrogen-bond donors (Lipinski definition) is 2. The van der Waals surface area contributed by atoms with Crippen LogP contribution in [-0.2, 0) is 10.0 Å². The highest BCUT2D eigenvalue weighted by atomic mass is 35.5. The van der Waals surface area contributed by atoms with Crippen molar-refractivity contribution in [1.29, 1.82) is 0 Å². The minimum absolute atomic E-state index is 0.0130. The summed E-state index contributed by atoms with van der Waals surface area (Å²) >= 11 is 5.83. The number of nitrogens with one attached hydrogen (secondary N) is 1. The first-order valence-electron chi connectivity index (χ1n) is 5.63. The van der Waals surface area contributed by atoms with Crippen molar-refractivity contribution in [2.75, 3.05) is 10.5 Å². The van der Waals surface area contributed by atoms with Gasteiger partial charge in [0.15, 0.2) is 0 Å². The maximum atomic E-state index is 13.1. The molecule has 7 heteroatoms. The number of halogens is 2. The fraction of sp³-hybridized carbons (Fsp3) is 0.0769. The summed E-state index contributed by atoms with van der Waals surface area (Å²) in [6, 6.07) is 7.78. The lowest BCUT2D eigenvalue weighted by Gasteiger charge is -2.11. The fourth-order valence-electron chi connectivity index (χ4n) is 1.57. The van der Waals surface area contributed by atoms with Gasteiger partial charge in [-0.3, -0.25) is 4.72 Å². The number of sulfonamides is 1. The van der Waals surface area contributed by atoms with Crippen molar-refractivity contribution >= 4 is 33.0 Å². The molecular weight excluding hydrogens is 303 g/mol. The van der Waals surface area contributed by atoms with Crippen LogP contribution in [0.25, 0.3) is 0 Å². The summed E-state index contributed by atoms with van der Waals surface area (Å²) in [5.74, 6) is -0.587. The number of anilines is 2. The first-order valence-corrected chi connectivity index (χ1v) is 7.50. The van der Waals surface area contributed by atoms with Gasteiger partial charge in [0.1, 0.15) is 5.82 Å². The Balaban J connectivity index is 2.40. The van der Waals surface area contributed by atoms with Gasteiger partial charge in [0, 0.05) is 5.69 Å². The van der Waals surface area contributed by atoms with Gasteiger partial charge >= 0.3 is 0 Å². The molecule has 0 aliphatic heterocycles. The molecule has 0 radical (unpaired) electrons. The van der Waals surface area contributed by atoms with Crippen molar-refractivity contribution in [3.63, 3.8) is 0 Å². The van der Waals surface area contributed by atoms with Gasteiger partial charge < -0.3 is 5.73 Å². The second-order valence-corrected chi connectivity index (χ2v) is 6.34. The molecule has 20 heavy (non-hydrogen) atoms. The third-order valence-electron chi connectivity index (χ3n) is 2.73. The zero-order chi connectivity index (χ0) is 14.9. The Hall–Kier alpha value is -1.79. The number of benzene rings is 2. The Bertz CT molecular complexity index is 763. The number of aryl methyl sites for hydroxylation is 1. The maximum Gasteiger partial charge on any atom is 0.262 e. The standard InChI is InChI=1S/C13H12ClFN2O2S/c1-8-2-4-10(7-12(8)16)20(18,19)17-13-6-9(15)3-5-11(13)14/h2-7,17H,16H2,1H3. The Kier molecular flexibility index (Phi) is 3.87. The average Bonchev–Trinajstić information content (AvgIpc) is 2.36. The molecule has 0 bridgehead atoms. The van der Waals surface area contributed by atoms with Gasteiger partial charge in [0.05, 0.1) is 15.6 Å². The van der Waals surface area contributed by atoms with Gasteiger partial charge in [-0.2, -0.15) is 0 Å². The first-order chi connectivity index (χ1) is 9.29. The predicted octanol–water partition coefficient (Wildman–Crippen LogP) is 3.17. The molecule has 0 saturated heterocycles. The molecule has 2 aromatic carbocycles. The van der Waals surface area contributed by atoms with Crippen LogP contribution in [0.3, 0.4) is 0 Å². The van der Waals surface area contributed by atoms with Crippen LogP contribution in [0.5, 0.6) is 0 Å². The van der Waals surface area contributed by atoms with Crippen LogP contribution in [0, 0.1) is 12.7 Å². The van der Waals surface area contributed by atoms with Crippen LogP contribution in [0.1, 0.15) is 5.56 Å². The lowest BCUT2D eigenvalue weighted by Crippen LogP contribution is -2.14. The van der Waals surface area contributed by atoms with Crippen LogP contribution >= 0.6 is 11.6 Å². The summed E-state index contributed by atoms with van der Waals surface area (Å²) in [5, 5.41) is 0.107. The Labute approximate surface area is 121 Å². The molecule has 0 unspecified atom stereocenters. The molecule has 0 atom stereocenters. The molecule has 4 nitrogen and oxygen atoms in total. The Morgan fingerprint density at radius 3 is 2.55 bits per heavy atom. The van der Waals surface area contributed by atoms with E-state index in [1.54, 1.807) is 13.0 Å². The van der Waals surface area contributed by atoms with Gasteiger partial charge in [-0.1, -0.05) is 17.7 Å². The normalized spacial score (nSPS) is 11.3. The summed E-state index contributed by atoms with van der Waals surface area (Å²) in [6.07, 6.45) is 0. The molecule has 0 heterocycles. The monoisotopic (exact) mass is 314 g/mol. The second-order valence-electron chi connectivity index (χ2n) is 4.25. The Morgan fingerprint density at radius 1 is 1.20 bits per heavy atom. The molecular formula is C13H12ClFN2O2S. The zero-order valence-corrected chi connectivity index (χ0v) is 12.1. The number of nitrogens with two attached hydrogens (primary N) is 1. The maximum absolute atomic E-state index is 13.1. The quantitative estimate of drug-likeness (QED) is 0.855. The van der Waals surface area contributed by atoms with Crippen LogP contribution in [0.2, 0.25) is 5.02 Å². The van der Waals surface area contributed by atoms with Gasteiger partial charge in [0.25, 0.3) is 10.0 Å². The van der Waals surface area contributed by atoms with Crippen LogP contribution in [-0.4, -0.2) is 8.42 Å². The lowest BCUT2D eigenvalue weighted by molar-refractivity contribution is 0.601. The van der Waals surface area contributed by atoms with E-state index >= 15 is 0 Å². The van der Waals surface area contributed by atoms with Crippen LogP contribution in [0.15, 0.2) is 41.3 Å². The summed E-state index contributed by atoms with van der Waals surface area (Å²) in [4.78, 5) is -0.0130. The number of hydrogen-bond acceptors (Lipinski definition) is 3. The average molecular weight is 315 g/mol. The summed E-state index contributed by atoms with van der Waals surface area (Å²) in [7, 11) is -3.87. The molecule has 0 aliphatic rings. The number of nitrogen functional groups attached to an aromatic ring is 1. The van der Waals surface area contributed by atoms with Gasteiger partial charge in [0.2, 0.25) is 0 Å². The van der Waals surface area contributed by atoms with E-state index in [0.29, 0.717) is 5.69 Å². The van der Waals surface area contributed by atoms with E-state index < -0.39 is 15.8 Å². The van der Waals surface area contributed by atoms with Crippen molar-refractivity contribution in [2.45, 2.75) is 11.8 Å². The van der Waals surface area contributed by atoms with Crippen molar-refractivity contribution in [3.05, 3.63) is 52.8 Å². The van der Waals surface area contributed by atoms with Crippen LogP contribution < -0.4 is 10.5 Å². The minimum Gasteiger partial charge on any atom is -0.398 e. The van der Waals surface area contributed by atoms with E-state index in [1.807, 2.05) is 0 Å². The molecule has 0 amide bonds. The minimum atomic E-state index is -3.87. The molecule has 3 N–H and O–H groups in total. The molecule has 0 fully saturated rings. The highest BCUT2D eigenvalue weighted by Gasteiger charge is 2.17. The molecule has 0 aromatic heterocycles. The largest absolute Gasteiger partial charge is 0.398 e. The van der Waals surface area contributed by atoms with E-state index in [1.165, 1.54) is 18.2 Å². The van der Waals surface area contributed by atoms with E-state index in [0.717, 1.165) is 17.7 Å². The van der Waals surface area contributed by atoms with Crippen molar-refractivity contribution in [1.82, 2.24) is 0 Å². The summed E-state index contributed by atoms with van der Waals surface area (Å²) in [5.41, 5.74) is 6.79. The third kappa shape index (κ3) is 3.02. The molecule has 2 rings (SSSR count). The van der Waals surface area contributed by atoms with Crippen molar-refractivity contribution in [3.8, 4) is 0 Å². The lowest BCUT2D eigenvalue weighted by atomic mass is 10.2. The van der Waals surface area contributed by atoms with E-state index in [9.17, 15) is 12.8 Å². The highest BCUT2D eigenvalue weighted by Crippen LogP contribution is 2.26. The smallest absolute Gasteiger partial charge is 0.262 e. The summed E-state index contributed by atoms with van der Waals surface area (Å²) < 4.78 is 39.7. The summed E-state index contributed by atoms with van der Waals surface area (Å²) in [6.45, 7) is 1.77. The number of rotatable bonds is 3. The topological polar surface area (TPSA) is 72.2 Å². The predicted molar refractivity (Wildman–Crippen MR) is 77.8 cm³/mol. The van der Waals surface area contributed by atoms with Gasteiger partial charge in [-0.25, -0.2) is 12.8 Å². The van der Waals surface area contributed by atoms with E-state index in [4.69, 9.17) is 17.3 Å². The highest BCUT2D eigenvalue weighted by molar-refractivity contribution is 7.92.